The van der Waals surface area contributed by atoms with Gasteiger partial charge in [0, 0.05) is 43.4 Å². The Morgan fingerprint density at radius 3 is 1.69 bits per heavy atom. The van der Waals surface area contributed by atoms with Crippen molar-refractivity contribution in [1.82, 2.24) is 8.97 Å². The van der Waals surface area contributed by atoms with Crippen molar-refractivity contribution >= 4 is 59.9 Å². The number of aromatic nitrogens is 2. The summed E-state index contributed by atoms with van der Waals surface area (Å²) in [6.45, 7) is 4.72. The molecule has 0 aliphatic heterocycles. The van der Waals surface area contributed by atoms with E-state index in [-0.39, 0.29) is 5.41 Å². The van der Waals surface area contributed by atoms with Crippen LogP contribution in [0.25, 0.3) is 110 Å². The van der Waals surface area contributed by atoms with Gasteiger partial charge in [-0.15, -0.1) is 0 Å². The molecular formula is C57H38N2. The van der Waals surface area contributed by atoms with Gasteiger partial charge in [0.1, 0.15) is 0 Å². The van der Waals surface area contributed by atoms with Gasteiger partial charge >= 0.3 is 0 Å². The normalized spacial score (nSPS) is 13.4. The largest absolute Gasteiger partial charge is 0.309 e. The SMILES string of the molecule is CC1(C)c2ccccc2-c2ccc(-n3c4ccccc4c4cc(-c5cc(-c6ccccc6)cc(-c6ccc7c8cccc9c%10ccccc%10n(c7c6)c98)c5)ccc43)cc21. The van der Waals surface area contributed by atoms with Crippen molar-refractivity contribution in [2.45, 2.75) is 19.3 Å². The van der Waals surface area contributed by atoms with E-state index >= 15 is 0 Å². The number of hydrogen-bond donors (Lipinski definition) is 0. The van der Waals surface area contributed by atoms with Crippen LogP contribution in [0.3, 0.4) is 0 Å². The molecule has 0 amide bonds. The third-order valence-electron chi connectivity index (χ3n) is 13.4. The lowest BCUT2D eigenvalue weighted by Crippen LogP contribution is -2.15. The van der Waals surface area contributed by atoms with E-state index in [1.54, 1.807) is 0 Å². The van der Waals surface area contributed by atoms with Gasteiger partial charge in [-0.25, -0.2) is 0 Å². The van der Waals surface area contributed by atoms with Crippen LogP contribution < -0.4 is 0 Å². The van der Waals surface area contributed by atoms with Gasteiger partial charge in [0.05, 0.1) is 27.6 Å². The second-order valence-corrected chi connectivity index (χ2v) is 16.9. The first-order valence-electron chi connectivity index (χ1n) is 20.7. The summed E-state index contributed by atoms with van der Waals surface area (Å²) in [7, 11) is 0. The monoisotopic (exact) mass is 750 g/mol. The predicted molar refractivity (Wildman–Crippen MR) is 249 cm³/mol. The highest BCUT2D eigenvalue weighted by Gasteiger charge is 2.35. The van der Waals surface area contributed by atoms with Gasteiger partial charge in [0.15, 0.2) is 0 Å². The molecule has 0 radical (unpaired) electrons. The molecule has 0 saturated carbocycles. The summed E-state index contributed by atoms with van der Waals surface area (Å²) >= 11 is 0. The van der Waals surface area contributed by atoms with Crippen molar-refractivity contribution in [1.29, 1.82) is 0 Å². The minimum atomic E-state index is -0.0694. The molecule has 12 aromatic rings. The second-order valence-electron chi connectivity index (χ2n) is 16.9. The fourth-order valence-electron chi connectivity index (χ4n) is 10.6. The maximum absolute atomic E-state index is 2.48. The van der Waals surface area contributed by atoms with Gasteiger partial charge < -0.3 is 8.97 Å². The average molecular weight is 751 g/mol. The molecule has 9 aromatic carbocycles. The Labute approximate surface area is 342 Å². The Hall–Kier alpha value is -7.42. The van der Waals surface area contributed by atoms with Crippen molar-refractivity contribution in [3.63, 3.8) is 0 Å². The summed E-state index contributed by atoms with van der Waals surface area (Å²) < 4.78 is 4.94. The third kappa shape index (κ3) is 4.52. The van der Waals surface area contributed by atoms with E-state index in [1.165, 1.54) is 121 Å². The Bertz CT molecular complexity index is 3690. The highest BCUT2D eigenvalue weighted by molar-refractivity contribution is 6.23. The van der Waals surface area contributed by atoms with Gasteiger partial charge in [-0.1, -0.05) is 147 Å². The molecule has 0 unspecified atom stereocenters. The number of rotatable bonds is 4. The van der Waals surface area contributed by atoms with Crippen LogP contribution in [0.5, 0.6) is 0 Å². The molecule has 13 rings (SSSR count). The molecule has 1 aliphatic rings. The molecule has 3 aromatic heterocycles. The zero-order valence-corrected chi connectivity index (χ0v) is 32.9. The lowest BCUT2D eigenvalue weighted by atomic mass is 9.82. The summed E-state index contributed by atoms with van der Waals surface area (Å²) in [4.78, 5) is 0. The zero-order valence-electron chi connectivity index (χ0n) is 32.9. The zero-order chi connectivity index (χ0) is 39.0. The molecule has 2 nitrogen and oxygen atoms in total. The third-order valence-corrected chi connectivity index (χ3v) is 13.4. The van der Waals surface area contributed by atoms with Gasteiger partial charge in [-0.05, 0) is 116 Å². The highest BCUT2D eigenvalue weighted by atomic mass is 15.0. The van der Waals surface area contributed by atoms with Crippen molar-refractivity contribution in [2.75, 3.05) is 0 Å². The minimum Gasteiger partial charge on any atom is -0.309 e. The van der Waals surface area contributed by atoms with E-state index in [2.05, 4.69) is 217 Å². The molecule has 0 atom stereocenters. The van der Waals surface area contributed by atoms with Gasteiger partial charge in [-0.2, -0.15) is 0 Å². The quantitative estimate of drug-likeness (QED) is 0.169. The smallest absolute Gasteiger partial charge is 0.0620 e. The van der Waals surface area contributed by atoms with E-state index < -0.39 is 0 Å². The Morgan fingerprint density at radius 2 is 0.898 bits per heavy atom. The molecule has 0 N–H and O–H groups in total. The summed E-state index contributed by atoms with van der Waals surface area (Å²) in [5, 5.41) is 7.72. The lowest BCUT2D eigenvalue weighted by Gasteiger charge is -2.22. The molecule has 3 heterocycles. The van der Waals surface area contributed by atoms with Crippen molar-refractivity contribution in [3.05, 3.63) is 205 Å². The Kier molecular flexibility index (Phi) is 6.54. The highest BCUT2D eigenvalue weighted by Crippen LogP contribution is 2.50. The summed E-state index contributed by atoms with van der Waals surface area (Å²) in [6, 6.07) is 72.4. The molecule has 0 spiro atoms. The summed E-state index contributed by atoms with van der Waals surface area (Å²) in [5.74, 6) is 0. The molecule has 0 bridgehead atoms. The first kappa shape index (κ1) is 32.6. The van der Waals surface area contributed by atoms with Crippen LogP contribution in [-0.2, 0) is 5.41 Å². The predicted octanol–water partition coefficient (Wildman–Crippen LogP) is 15.2. The van der Waals surface area contributed by atoms with E-state index in [0.29, 0.717) is 0 Å². The van der Waals surface area contributed by atoms with Gasteiger partial charge in [0.25, 0.3) is 0 Å². The fourth-order valence-corrected chi connectivity index (χ4v) is 10.6. The van der Waals surface area contributed by atoms with Crippen LogP contribution in [0, 0.1) is 0 Å². The van der Waals surface area contributed by atoms with Crippen LogP contribution >= 0.6 is 0 Å². The lowest BCUT2D eigenvalue weighted by molar-refractivity contribution is 0.660. The van der Waals surface area contributed by atoms with Crippen LogP contribution in [0.15, 0.2) is 194 Å². The minimum absolute atomic E-state index is 0.0694. The average Bonchev–Trinajstić information content (AvgIpc) is 3.99. The standard InChI is InChI=1S/C57H38N2/c1-57(2)50-20-9-6-15-42(50)43-27-25-41(34-51(43)57)58-52-21-10-8-17-45(52)49-32-36(24-28-54(49)58)39-29-38(35-13-4-3-5-14-35)30-40(31-39)37-23-26-46-48-19-12-18-47-44-16-7-11-22-53(44)59(56(47)48)55(46)33-37/h3-34H,1-2H3. The van der Waals surface area contributed by atoms with Gasteiger partial charge in [-0.3, -0.25) is 0 Å². The first-order chi connectivity index (χ1) is 29.0. The number of nitrogens with zero attached hydrogens (tertiary/aromatic N) is 2. The van der Waals surface area contributed by atoms with Crippen LogP contribution in [0.2, 0.25) is 0 Å². The molecule has 0 saturated heterocycles. The van der Waals surface area contributed by atoms with E-state index in [9.17, 15) is 0 Å². The molecule has 2 heteroatoms. The maximum Gasteiger partial charge on any atom is 0.0620 e. The van der Waals surface area contributed by atoms with Crippen LogP contribution in [-0.4, -0.2) is 8.97 Å². The maximum atomic E-state index is 2.48. The Balaban J connectivity index is 0.999. The van der Waals surface area contributed by atoms with E-state index in [0.717, 1.165) is 0 Å². The Morgan fingerprint density at radius 1 is 0.322 bits per heavy atom. The molecule has 59 heavy (non-hydrogen) atoms. The van der Waals surface area contributed by atoms with Crippen molar-refractivity contribution < 1.29 is 0 Å². The number of fused-ring (bicyclic) bond motifs is 12. The first-order valence-corrected chi connectivity index (χ1v) is 20.7. The molecule has 1 aliphatic carbocycles. The van der Waals surface area contributed by atoms with Gasteiger partial charge in [0.2, 0.25) is 0 Å². The summed E-state index contributed by atoms with van der Waals surface area (Å²) in [5.41, 5.74) is 20.1. The molecule has 0 fully saturated rings. The molecule has 276 valence electrons. The number of para-hydroxylation sites is 3. The topological polar surface area (TPSA) is 9.34 Å². The fraction of sp³-hybridized carbons (Fsp3) is 0.0526. The second kappa shape index (κ2) is 11.8. The number of benzene rings is 9. The van der Waals surface area contributed by atoms with Crippen molar-refractivity contribution in [2.24, 2.45) is 0 Å². The van der Waals surface area contributed by atoms with Crippen LogP contribution in [0.1, 0.15) is 25.0 Å². The van der Waals surface area contributed by atoms with Crippen molar-refractivity contribution in [3.8, 4) is 50.2 Å². The summed E-state index contributed by atoms with van der Waals surface area (Å²) in [6.07, 6.45) is 0. The van der Waals surface area contributed by atoms with E-state index in [4.69, 9.17) is 0 Å². The number of hydrogen-bond acceptors (Lipinski definition) is 0. The molecular weight excluding hydrogens is 713 g/mol. The van der Waals surface area contributed by atoms with Crippen LogP contribution in [0.4, 0.5) is 0 Å². The van der Waals surface area contributed by atoms with E-state index in [1.807, 2.05) is 0 Å².